The van der Waals surface area contributed by atoms with Crippen LogP contribution in [0.3, 0.4) is 0 Å². The lowest BCUT2D eigenvalue weighted by molar-refractivity contribution is -0.216. The molecule has 37 heavy (non-hydrogen) atoms. The molecule has 0 saturated heterocycles. The minimum Gasteiger partial charge on any atom is -0.460 e. The van der Waals surface area contributed by atoms with Crippen LogP contribution in [0.2, 0.25) is 0 Å². The summed E-state index contributed by atoms with van der Waals surface area (Å²) in [4.78, 5) is 26.4. The summed E-state index contributed by atoms with van der Waals surface area (Å²) >= 11 is 0. The normalized spacial score (nSPS) is 40.0. The van der Waals surface area contributed by atoms with Gasteiger partial charge in [-0.25, -0.2) is 4.79 Å². The Kier molecular flexibility index (Phi) is 7.42. The SMILES string of the molecule is Cc1ccc(S(=O)(=O)OCC(=O)O[C@@H]2C[C@@](C)(CO)[C@@H](O)[C@H](C)[C@]34CCC(=O)[C@H]3[C@@]2(C)[C@@H](C)CC4)cc1. The fraction of sp³-hybridized carbons (Fsp3) is 0.714. The van der Waals surface area contributed by atoms with E-state index in [1.807, 2.05) is 20.8 Å². The van der Waals surface area contributed by atoms with Crippen molar-refractivity contribution in [1.29, 1.82) is 0 Å². The Bertz CT molecular complexity index is 1150. The Morgan fingerprint density at radius 2 is 1.78 bits per heavy atom. The maximum atomic E-state index is 13.4. The standard InChI is InChI=1S/C28H40O8S/c1-17-6-8-20(9-7-17)37(33,34)35-15-23(31)36-22-14-26(4,16-29)25(32)19(3)28-12-10-18(2)27(22,5)24(28)21(30)11-13-28/h6-9,18-19,22,24-25,29,32H,10-16H2,1-5H3/t18-,19-,22+,24-,25-,26-,27-,28-/m0/s1. The highest BCUT2D eigenvalue weighted by Gasteiger charge is 2.68. The van der Waals surface area contributed by atoms with Crippen LogP contribution in [0.1, 0.15) is 65.4 Å². The number of rotatable bonds is 6. The number of hydrogen-bond acceptors (Lipinski definition) is 8. The van der Waals surface area contributed by atoms with E-state index >= 15 is 0 Å². The third-order valence-electron chi connectivity index (χ3n) is 10.2. The van der Waals surface area contributed by atoms with Gasteiger partial charge in [-0.05, 0) is 62.0 Å². The molecule has 0 radical (unpaired) electrons. The van der Waals surface area contributed by atoms with Crippen molar-refractivity contribution in [3.63, 3.8) is 0 Å². The minimum atomic E-state index is -4.17. The third-order valence-corrected chi connectivity index (χ3v) is 11.5. The first kappa shape index (κ1) is 28.2. The second kappa shape index (κ2) is 9.74. The fourth-order valence-electron chi connectivity index (χ4n) is 7.60. The number of aliphatic hydroxyl groups is 2. The third kappa shape index (κ3) is 4.56. The number of carbonyl (C=O) groups excluding carboxylic acids is 2. The first-order chi connectivity index (χ1) is 17.2. The molecule has 0 spiro atoms. The summed E-state index contributed by atoms with van der Waals surface area (Å²) in [7, 11) is -4.17. The lowest BCUT2D eigenvalue weighted by atomic mass is 9.44. The topological polar surface area (TPSA) is 127 Å². The number of carbonyl (C=O) groups is 2. The van der Waals surface area contributed by atoms with E-state index in [2.05, 4.69) is 6.92 Å². The molecule has 0 aromatic heterocycles. The Labute approximate surface area is 219 Å². The zero-order valence-corrected chi connectivity index (χ0v) is 23.2. The number of ether oxygens (including phenoxy) is 1. The van der Waals surface area contributed by atoms with Crippen molar-refractivity contribution in [3.8, 4) is 0 Å². The Morgan fingerprint density at radius 3 is 2.41 bits per heavy atom. The zero-order chi connectivity index (χ0) is 27.4. The minimum absolute atomic E-state index is 0.0353. The van der Waals surface area contributed by atoms with Crippen LogP contribution in [-0.4, -0.2) is 55.8 Å². The van der Waals surface area contributed by atoms with Crippen molar-refractivity contribution in [1.82, 2.24) is 0 Å². The molecule has 206 valence electrons. The van der Waals surface area contributed by atoms with Crippen LogP contribution in [0.15, 0.2) is 29.2 Å². The largest absolute Gasteiger partial charge is 0.460 e. The van der Waals surface area contributed by atoms with Crippen molar-refractivity contribution < 1.29 is 37.1 Å². The molecular weight excluding hydrogens is 496 g/mol. The molecule has 3 fully saturated rings. The van der Waals surface area contributed by atoms with Gasteiger partial charge in [-0.1, -0.05) is 45.4 Å². The monoisotopic (exact) mass is 536 g/mol. The highest BCUT2D eigenvalue weighted by atomic mass is 32.2. The van der Waals surface area contributed by atoms with Gasteiger partial charge in [0.1, 0.15) is 11.9 Å². The van der Waals surface area contributed by atoms with E-state index in [1.165, 1.54) is 12.1 Å². The fourth-order valence-corrected chi connectivity index (χ4v) is 8.46. The van der Waals surface area contributed by atoms with Gasteiger partial charge in [0.05, 0.1) is 17.6 Å². The van der Waals surface area contributed by atoms with Crippen molar-refractivity contribution in [2.75, 3.05) is 13.2 Å². The molecule has 1 aromatic carbocycles. The van der Waals surface area contributed by atoms with Gasteiger partial charge >= 0.3 is 5.97 Å². The van der Waals surface area contributed by atoms with E-state index < -0.39 is 57.1 Å². The van der Waals surface area contributed by atoms with Crippen LogP contribution in [0.5, 0.6) is 0 Å². The second-order valence-corrected chi connectivity index (χ2v) is 13.8. The molecule has 3 saturated carbocycles. The lowest BCUT2D eigenvalue weighted by Gasteiger charge is -2.62. The van der Waals surface area contributed by atoms with Gasteiger partial charge in [0.15, 0.2) is 6.61 Å². The summed E-state index contributed by atoms with van der Waals surface area (Å²) in [5.74, 6) is -1.31. The molecular formula is C28H40O8S. The molecule has 3 aliphatic carbocycles. The average Bonchev–Trinajstić information content (AvgIpc) is 3.21. The lowest BCUT2D eigenvalue weighted by Crippen LogP contribution is -2.63. The van der Waals surface area contributed by atoms with Crippen molar-refractivity contribution in [2.24, 2.45) is 34.0 Å². The molecule has 0 amide bonds. The van der Waals surface area contributed by atoms with Crippen LogP contribution in [-0.2, 0) is 28.6 Å². The maximum absolute atomic E-state index is 13.4. The zero-order valence-electron chi connectivity index (χ0n) is 22.4. The first-order valence-electron chi connectivity index (χ1n) is 13.2. The van der Waals surface area contributed by atoms with Crippen molar-refractivity contribution in [2.45, 2.75) is 83.8 Å². The van der Waals surface area contributed by atoms with E-state index in [-0.39, 0.29) is 35.5 Å². The molecule has 3 aliphatic rings. The highest BCUT2D eigenvalue weighted by molar-refractivity contribution is 7.86. The summed E-state index contributed by atoms with van der Waals surface area (Å²) in [5.41, 5.74) is -1.26. The number of benzene rings is 1. The summed E-state index contributed by atoms with van der Waals surface area (Å²) in [6.45, 7) is 8.52. The highest BCUT2D eigenvalue weighted by Crippen LogP contribution is 2.67. The molecule has 0 unspecified atom stereocenters. The smallest absolute Gasteiger partial charge is 0.333 e. The molecule has 1 aromatic rings. The molecule has 2 bridgehead atoms. The Morgan fingerprint density at radius 1 is 1.14 bits per heavy atom. The predicted molar refractivity (Wildman–Crippen MR) is 136 cm³/mol. The van der Waals surface area contributed by atoms with Gasteiger partial charge in [-0.2, -0.15) is 8.42 Å². The molecule has 8 nitrogen and oxygen atoms in total. The van der Waals surface area contributed by atoms with E-state index in [0.717, 1.165) is 18.4 Å². The summed E-state index contributed by atoms with van der Waals surface area (Å²) in [5, 5.41) is 21.9. The van der Waals surface area contributed by atoms with Crippen LogP contribution in [0.25, 0.3) is 0 Å². The van der Waals surface area contributed by atoms with Gasteiger partial charge in [0.25, 0.3) is 10.1 Å². The first-order valence-corrected chi connectivity index (χ1v) is 14.6. The molecule has 2 N–H and O–H groups in total. The van der Waals surface area contributed by atoms with Gasteiger partial charge in [-0.15, -0.1) is 0 Å². The number of aliphatic hydroxyl groups excluding tert-OH is 2. The maximum Gasteiger partial charge on any atom is 0.333 e. The number of ketones is 1. The molecule has 0 heterocycles. The predicted octanol–water partition coefficient (Wildman–Crippen LogP) is 3.41. The Balaban J connectivity index is 1.65. The van der Waals surface area contributed by atoms with E-state index in [0.29, 0.717) is 12.8 Å². The molecule has 9 heteroatoms. The van der Waals surface area contributed by atoms with Crippen LogP contribution >= 0.6 is 0 Å². The van der Waals surface area contributed by atoms with Crippen LogP contribution in [0, 0.1) is 40.9 Å². The van der Waals surface area contributed by atoms with E-state index in [4.69, 9.17) is 8.92 Å². The summed E-state index contributed by atoms with van der Waals surface area (Å²) < 4.78 is 36.2. The molecule has 8 atom stereocenters. The number of esters is 1. The summed E-state index contributed by atoms with van der Waals surface area (Å²) in [6.07, 6.45) is 1.12. The molecule has 4 rings (SSSR count). The second-order valence-electron chi connectivity index (χ2n) is 12.2. The summed E-state index contributed by atoms with van der Waals surface area (Å²) in [6, 6.07) is 6.11. The van der Waals surface area contributed by atoms with Gasteiger partial charge in [0.2, 0.25) is 0 Å². The van der Waals surface area contributed by atoms with Gasteiger partial charge in [0, 0.05) is 23.2 Å². The van der Waals surface area contributed by atoms with Gasteiger partial charge in [-0.3, -0.25) is 8.98 Å². The number of aryl methyl sites for hydroxylation is 1. The quantitative estimate of drug-likeness (QED) is 0.418. The van der Waals surface area contributed by atoms with Gasteiger partial charge < -0.3 is 14.9 Å². The Hall–Kier alpha value is -1.81. The van der Waals surface area contributed by atoms with Crippen LogP contribution in [0.4, 0.5) is 0 Å². The molecule has 0 aliphatic heterocycles. The average molecular weight is 537 g/mol. The van der Waals surface area contributed by atoms with Crippen molar-refractivity contribution in [3.05, 3.63) is 29.8 Å². The van der Waals surface area contributed by atoms with E-state index in [1.54, 1.807) is 19.1 Å². The number of Topliss-reactive ketones (excluding diaryl/α,β-unsaturated/α-hetero) is 1. The van der Waals surface area contributed by atoms with Crippen LogP contribution < -0.4 is 0 Å². The number of hydrogen-bond donors (Lipinski definition) is 2. The van der Waals surface area contributed by atoms with E-state index in [9.17, 15) is 28.2 Å². The van der Waals surface area contributed by atoms with Crippen molar-refractivity contribution >= 4 is 21.9 Å².